The summed E-state index contributed by atoms with van der Waals surface area (Å²) in [6.07, 6.45) is 0. The zero-order valence-electron chi connectivity index (χ0n) is 3.76. The van der Waals surface area contributed by atoms with E-state index in [1.54, 1.807) is 0 Å². The van der Waals surface area contributed by atoms with Crippen molar-refractivity contribution in [3.05, 3.63) is 0 Å². The van der Waals surface area contributed by atoms with Gasteiger partial charge in [-0.2, -0.15) is 0 Å². The van der Waals surface area contributed by atoms with Crippen molar-refractivity contribution in [1.29, 1.82) is 0 Å². The number of hydrogen-bond acceptors (Lipinski definition) is 3. The van der Waals surface area contributed by atoms with Gasteiger partial charge in [-0.15, -0.1) is 12.4 Å². The van der Waals surface area contributed by atoms with Crippen LogP contribution in [-0.2, 0) is 4.79 Å². The van der Waals surface area contributed by atoms with E-state index < -0.39 is 6.61 Å². The lowest BCUT2D eigenvalue weighted by atomic mass is 10.4. The zero-order chi connectivity index (χ0) is 4.99. The standard InChI is InChI=1S/C3H7NO2.ClH/c4-1-3(6)2-5;/h5H,1-2,4H2;1H. The molecule has 0 rings (SSSR count). The van der Waals surface area contributed by atoms with Gasteiger partial charge in [0.05, 0.1) is 6.54 Å². The summed E-state index contributed by atoms with van der Waals surface area (Å²) in [6, 6.07) is 0. The Hall–Kier alpha value is -0.120. The molecule has 3 nitrogen and oxygen atoms in total. The molecule has 3 N–H and O–H groups in total. The van der Waals surface area contributed by atoms with Gasteiger partial charge in [0.25, 0.3) is 0 Å². The number of hydrogen-bond donors (Lipinski definition) is 2. The Balaban J connectivity index is 0. The van der Waals surface area contributed by atoms with Gasteiger partial charge in [0.1, 0.15) is 6.61 Å². The summed E-state index contributed by atoms with van der Waals surface area (Å²) >= 11 is 0. The number of Topliss-reactive ketones (excluding diaryl/α,β-unsaturated/α-hetero) is 1. The van der Waals surface area contributed by atoms with Gasteiger partial charge in [0, 0.05) is 0 Å². The van der Waals surface area contributed by atoms with E-state index in [1.165, 1.54) is 0 Å². The third kappa shape index (κ3) is 5.88. The number of nitrogens with two attached hydrogens (primary N) is 1. The molecule has 0 spiro atoms. The number of carbonyl (C=O) groups is 1. The van der Waals surface area contributed by atoms with E-state index >= 15 is 0 Å². The van der Waals surface area contributed by atoms with Crippen molar-refractivity contribution >= 4 is 18.2 Å². The van der Waals surface area contributed by atoms with Crippen molar-refractivity contribution in [3.63, 3.8) is 0 Å². The number of rotatable bonds is 2. The first-order valence-electron chi connectivity index (χ1n) is 1.64. The second-order valence-electron chi connectivity index (χ2n) is 0.901. The largest absolute Gasteiger partial charge is 0.389 e. The molecule has 0 saturated heterocycles. The van der Waals surface area contributed by atoms with Crippen LogP contribution in [0.4, 0.5) is 0 Å². The highest BCUT2D eigenvalue weighted by Gasteiger charge is 1.88. The van der Waals surface area contributed by atoms with Crippen LogP contribution in [0.3, 0.4) is 0 Å². The average Bonchev–Trinajstić information content (AvgIpc) is 1.65. The van der Waals surface area contributed by atoms with Gasteiger partial charge in [-0.25, -0.2) is 0 Å². The van der Waals surface area contributed by atoms with Gasteiger partial charge in [0.2, 0.25) is 0 Å². The molecule has 0 aromatic heterocycles. The topological polar surface area (TPSA) is 63.3 Å². The minimum Gasteiger partial charge on any atom is -0.389 e. The highest BCUT2D eigenvalue weighted by Crippen LogP contribution is 1.56. The summed E-state index contributed by atoms with van der Waals surface area (Å²) in [6.45, 7) is -0.493. The Bertz CT molecular complexity index is 50.9. The SMILES string of the molecule is Cl.NCC(=O)CO. The lowest BCUT2D eigenvalue weighted by Crippen LogP contribution is -2.16. The maximum Gasteiger partial charge on any atom is 0.171 e. The van der Waals surface area contributed by atoms with Gasteiger partial charge in [-0.1, -0.05) is 0 Å². The molecule has 0 saturated carbocycles. The van der Waals surface area contributed by atoms with Crippen LogP contribution >= 0.6 is 12.4 Å². The van der Waals surface area contributed by atoms with E-state index in [0.29, 0.717) is 0 Å². The quantitative estimate of drug-likeness (QED) is 0.494. The van der Waals surface area contributed by atoms with Crippen LogP contribution in [0.15, 0.2) is 0 Å². The summed E-state index contributed by atoms with van der Waals surface area (Å²) in [5.74, 6) is -0.324. The summed E-state index contributed by atoms with van der Waals surface area (Å²) in [5, 5.41) is 7.91. The van der Waals surface area contributed by atoms with Crippen molar-refractivity contribution in [3.8, 4) is 0 Å². The van der Waals surface area contributed by atoms with Crippen LogP contribution in [0.2, 0.25) is 0 Å². The fourth-order valence-electron chi connectivity index (χ4n) is 0.0645. The molecule has 7 heavy (non-hydrogen) atoms. The number of halogens is 1. The van der Waals surface area contributed by atoms with E-state index in [-0.39, 0.29) is 24.7 Å². The molecular formula is C3H8ClNO2. The minimum absolute atomic E-state index is 0. The molecule has 44 valence electrons. The predicted molar refractivity (Wildman–Crippen MR) is 28.4 cm³/mol. The Labute approximate surface area is 47.9 Å². The van der Waals surface area contributed by atoms with Crippen LogP contribution in [0.5, 0.6) is 0 Å². The summed E-state index contributed by atoms with van der Waals surface area (Å²) in [5.41, 5.74) is 4.77. The van der Waals surface area contributed by atoms with E-state index in [9.17, 15) is 4.79 Å². The number of aliphatic hydroxyl groups excluding tert-OH is 1. The van der Waals surface area contributed by atoms with Gasteiger partial charge < -0.3 is 10.8 Å². The van der Waals surface area contributed by atoms with Crippen LogP contribution in [0.1, 0.15) is 0 Å². The fourth-order valence-corrected chi connectivity index (χ4v) is 0.0645. The Morgan fingerprint density at radius 3 is 2.14 bits per heavy atom. The van der Waals surface area contributed by atoms with Gasteiger partial charge in [-0.05, 0) is 0 Å². The molecule has 0 aliphatic heterocycles. The highest BCUT2D eigenvalue weighted by atomic mass is 35.5. The first kappa shape index (κ1) is 9.99. The summed E-state index contributed by atoms with van der Waals surface area (Å²) in [7, 11) is 0. The maximum absolute atomic E-state index is 9.81. The van der Waals surface area contributed by atoms with Crippen LogP contribution in [0.25, 0.3) is 0 Å². The average molecular weight is 126 g/mol. The molecule has 0 atom stereocenters. The number of ketones is 1. The van der Waals surface area contributed by atoms with Gasteiger partial charge >= 0.3 is 0 Å². The van der Waals surface area contributed by atoms with E-state index in [1.807, 2.05) is 0 Å². The summed E-state index contributed by atoms with van der Waals surface area (Å²) < 4.78 is 0. The van der Waals surface area contributed by atoms with Gasteiger partial charge in [-0.3, -0.25) is 4.79 Å². The third-order valence-corrected chi connectivity index (χ3v) is 0.404. The molecule has 0 aliphatic carbocycles. The second-order valence-corrected chi connectivity index (χ2v) is 0.901. The van der Waals surface area contributed by atoms with Crippen LogP contribution in [-0.4, -0.2) is 24.0 Å². The molecule has 0 heterocycles. The fraction of sp³-hybridized carbons (Fsp3) is 0.667. The molecule has 0 aliphatic rings. The zero-order valence-corrected chi connectivity index (χ0v) is 4.57. The molecule has 0 aromatic carbocycles. The van der Waals surface area contributed by atoms with Gasteiger partial charge in [0.15, 0.2) is 5.78 Å². The first-order chi connectivity index (χ1) is 2.81. The molecule has 0 unspecified atom stereocenters. The first-order valence-corrected chi connectivity index (χ1v) is 1.64. The maximum atomic E-state index is 9.81. The second kappa shape index (κ2) is 5.88. The molecule has 0 fully saturated rings. The molecule has 0 bridgehead atoms. The molecule has 0 amide bonds. The van der Waals surface area contributed by atoms with E-state index in [2.05, 4.69) is 0 Å². The van der Waals surface area contributed by atoms with Crippen molar-refractivity contribution in [2.45, 2.75) is 0 Å². The highest BCUT2D eigenvalue weighted by molar-refractivity contribution is 5.85. The smallest absolute Gasteiger partial charge is 0.171 e. The van der Waals surface area contributed by atoms with Crippen LogP contribution in [0, 0.1) is 0 Å². The Morgan fingerprint density at radius 1 is 1.71 bits per heavy atom. The van der Waals surface area contributed by atoms with Crippen molar-refractivity contribution in [2.24, 2.45) is 5.73 Å². The molecule has 4 heteroatoms. The predicted octanol–water partition coefficient (Wildman–Crippen LogP) is -1.07. The summed E-state index contributed by atoms with van der Waals surface area (Å²) in [4.78, 5) is 9.81. The normalized spacial score (nSPS) is 7.14. The van der Waals surface area contributed by atoms with Crippen LogP contribution < -0.4 is 5.73 Å². The molecule has 0 radical (unpaired) electrons. The molecular weight excluding hydrogens is 117 g/mol. The Morgan fingerprint density at radius 2 is 2.14 bits per heavy atom. The van der Waals surface area contributed by atoms with Crippen molar-refractivity contribution < 1.29 is 9.90 Å². The van der Waals surface area contributed by atoms with E-state index in [0.717, 1.165) is 0 Å². The van der Waals surface area contributed by atoms with E-state index in [4.69, 9.17) is 10.8 Å². The monoisotopic (exact) mass is 125 g/mol. The lowest BCUT2D eigenvalue weighted by Gasteiger charge is -1.81. The number of aliphatic hydroxyl groups is 1. The van der Waals surface area contributed by atoms with Crippen molar-refractivity contribution in [1.82, 2.24) is 0 Å². The lowest BCUT2D eigenvalue weighted by molar-refractivity contribution is -0.120. The minimum atomic E-state index is -0.434. The third-order valence-electron chi connectivity index (χ3n) is 0.404. The molecule has 0 aromatic rings. The number of carbonyl (C=O) groups excluding carboxylic acids is 1. The Kier molecular flexibility index (Phi) is 8.39. The van der Waals surface area contributed by atoms with Crippen molar-refractivity contribution in [2.75, 3.05) is 13.2 Å².